The first-order chi connectivity index (χ1) is 6.07. The SMILES string of the molecule is CC1(C)O[C@@H]2[C@H](O1)[C@H]1CC(=O)[C@@H]2O1. The number of carbonyl (C=O) groups excluding carboxylic acids is 1. The Kier molecular flexibility index (Phi) is 1.30. The number of ether oxygens (including phenoxy) is 3. The molecule has 0 aromatic rings. The molecule has 0 aliphatic carbocycles. The first kappa shape index (κ1) is 7.91. The molecule has 0 amide bonds. The molecule has 3 saturated heterocycles. The Morgan fingerprint density at radius 3 is 2.77 bits per heavy atom. The van der Waals surface area contributed by atoms with E-state index in [0.717, 1.165) is 0 Å². The first-order valence-corrected chi connectivity index (χ1v) is 4.61. The smallest absolute Gasteiger partial charge is 0.167 e. The summed E-state index contributed by atoms with van der Waals surface area (Å²) >= 11 is 0. The van der Waals surface area contributed by atoms with Gasteiger partial charge in [0.1, 0.15) is 18.3 Å². The van der Waals surface area contributed by atoms with Crippen molar-refractivity contribution in [2.75, 3.05) is 0 Å². The molecule has 0 N–H and O–H groups in total. The lowest BCUT2D eigenvalue weighted by Crippen LogP contribution is -2.39. The summed E-state index contributed by atoms with van der Waals surface area (Å²) in [6.45, 7) is 3.74. The van der Waals surface area contributed by atoms with Gasteiger partial charge in [-0.25, -0.2) is 0 Å². The van der Waals surface area contributed by atoms with Gasteiger partial charge >= 0.3 is 0 Å². The molecule has 0 unspecified atom stereocenters. The maximum absolute atomic E-state index is 11.3. The Bertz CT molecular complexity index is 273. The number of rotatable bonds is 0. The lowest BCUT2D eigenvalue weighted by molar-refractivity contribution is -0.177. The van der Waals surface area contributed by atoms with Gasteiger partial charge < -0.3 is 14.2 Å². The van der Waals surface area contributed by atoms with Crippen LogP contribution in [0, 0.1) is 0 Å². The fourth-order valence-corrected chi connectivity index (χ4v) is 2.42. The van der Waals surface area contributed by atoms with Gasteiger partial charge in [0, 0.05) is 6.42 Å². The van der Waals surface area contributed by atoms with Crippen LogP contribution in [0.15, 0.2) is 0 Å². The molecule has 3 rings (SSSR count). The average molecular weight is 184 g/mol. The Hall–Kier alpha value is -0.450. The third kappa shape index (κ3) is 0.936. The van der Waals surface area contributed by atoms with E-state index in [4.69, 9.17) is 14.2 Å². The van der Waals surface area contributed by atoms with Gasteiger partial charge in [-0.05, 0) is 13.8 Å². The quantitative estimate of drug-likeness (QED) is 0.541. The van der Waals surface area contributed by atoms with Crippen LogP contribution >= 0.6 is 0 Å². The second kappa shape index (κ2) is 2.13. The van der Waals surface area contributed by atoms with Crippen molar-refractivity contribution in [3.63, 3.8) is 0 Å². The van der Waals surface area contributed by atoms with E-state index in [0.29, 0.717) is 6.42 Å². The molecule has 4 heteroatoms. The topological polar surface area (TPSA) is 44.8 Å². The minimum Gasteiger partial charge on any atom is -0.361 e. The fourth-order valence-electron chi connectivity index (χ4n) is 2.42. The highest BCUT2D eigenvalue weighted by Gasteiger charge is 2.61. The van der Waals surface area contributed by atoms with Crippen molar-refractivity contribution in [2.45, 2.75) is 50.5 Å². The number of hydrogen-bond donors (Lipinski definition) is 0. The molecule has 72 valence electrons. The normalized spacial score (nSPS) is 51.4. The van der Waals surface area contributed by atoms with Crippen LogP contribution in [0.25, 0.3) is 0 Å². The molecule has 0 spiro atoms. The largest absolute Gasteiger partial charge is 0.361 e. The molecule has 3 fully saturated rings. The van der Waals surface area contributed by atoms with Crippen LogP contribution in [0.2, 0.25) is 0 Å². The summed E-state index contributed by atoms with van der Waals surface area (Å²) in [6, 6.07) is 0. The molecule has 3 heterocycles. The Morgan fingerprint density at radius 1 is 1.31 bits per heavy atom. The van der Waals surface area contributed by atoms with Crippen molar-refractivity contribution >= 4 is 5.78 Å². The zero-order valence-electron chi connectivity index (χ0n) is 7.65. The van der Waals surface area contributed by atoms with E-state index in [-0.39, 0.29) is 30.2 Å². The molecule has 0 aromatic carbocycles. The minimum atomic E-state index is -0.555. The van der Waals surface area contributed by atoms with Crippen LogP contribution < -0.4 is 0 Å². The maximum atomic E-state index is 11.3. The van der Waals surface area contributed by atoms with Crippen molar-refractivity contribution < 1.29 is 19.0 Å². The predicted molar refractivity (Wildman–Crippen MR) is 42.1 cm³/mol. The zero-order valence-corrected chi connectivity index (χ0v) is 7.65. The summed E-state index contributed by atoms with van der Waals surface area (Å²) in [4.78, 5) is 11.3. The van der Waals surface area contributed by atoms with Crippen LogP contribution in [0.1, 0.15) is 20.3 Å². The Labute approximate surface area is 76.1 Å². The number of ketones is 1. The van der Waals surface area contributed by atoms with Crippen LogP contribution in [0.4, 0.5) is 0 Å². The lowest BCUT2D eigenvalue weighted by atomic mass is 9.94. The van der Waals surface area contributed by atoms with Crippen LogP contribution in [-0.2, 0) is 19.0 Å². The standard InChI is InChI=1S/C9H12O4/c1-9(2)12-7-5-3-4(10)6(11-5)8(7)13-9/h5-8H,3H2,1-2H3/t5-,6+,7-,8+/m1/s1. The Balaban J connectivity index is 1.91. The first-order valence-electron chi connectivity index (χ1n) is 4.61. The maximum Gasteiger partial charge on any atom is 0.167 e. The number of Topliss-reactive ketones (excluding diaryl/α,β-unsaturated/α-hetero) is 1. The van der Waals surface area contributed by atoms with Gasteiger partial charge in [0.05, 0.1) is 6.10 Å². The zero-order chi connectivity index (χ0) is 9.22. The monoisotopic (exact) mass is 184 g/mol. The molecule has 4 atom stereocenters. The highest BCUT2D eigenvalue weighted by Crippen LogP contribution is 2.44. The summed E-state index contributed by atoms with van der Waals surface area (Å²) in [5.74, 6) is -0.396. The van der Waals surface area contributed by atoms with Crippen molar-refractivity contribution in [1.29, 1.82) is 0 Å². The minimum absolute atomic E-state index is 0.0299. The molecule has 2 bridgehead atoms. The van der Waals surface area contributed by atoms with Crippen molar-refractivity contribution in [1.82, 2.24) is 0 Å². The highest BCUT2D eigenvalue weighted by molar-refractivity contribution is 5.87. The van der Waals surface area contributed by atoms with Crippen LogP contribution in [0.3, 0.4) is 0 Å². The summed E-state index contributed by atoms with van der Waals surface area (Å²) in [6.07, 6.45) is -0.134. The van der Waals surface area contributed by atoms with Gasteiger partial charge in [-0.3, -0.25) is 4.79 Å². The van der Waals surface area contributed by atoms with E-state index in [2.05, 4.69) is 0 Å². The number of fused-ring (bicyclic) bond motifs is 5. The fraction of sp³-hybridized carbons (Fsp3) is 0.889. The predicted octanol–water partition coefficient (Wildman–Crippen LogP) is 0.247. The molecule has 13 heavy (non-hydrogen) atoms. The average Bonchev–Trinajstić information content (AvgIpc) is 2.56. The third-order valence-corrected chi connectivity index (χ3v) is 2.87. The van der Waals surface area contributed by atoms with Crippen molar-refractivity contribution in [2.24, 2.45) is 0 Å². The van der Waals surface area contributed by atoms with E-state index in [1.54, 1.807) is 0 Å². The highest BCUT2D eigenvalue weighted by atomic mass is 16.8. The number of hydrogen-bond acceptors (Lipinski definition) is 4. The van der Waals surface area contributed by atoms with Gasteiger partial charge in [0.25, 0.3) is 0 Å². The molecule has 3 aliphatic rings. The molecular formula is C9H12O4. The van der Waals surface area contributed by atoms with E-state index in [1.807, 2.05) is 13.8 Å². The van der Waals surface area contributed by atoms with Gasteiger partial charge in [-0.1, -0.05) is 0 Å². The molecule has 4 nitrogen and oxygen atoms in total. The molecular weight excluding hydrogens is 172 g/mol. The summed E-state index contributed by atoms with van der Waals surface area (Å²) in [5.41, 5.74) is 0. The van der Waals surface area contributed by atoms with Crippen LogP contribution in [0.5, 0.6) is 0 Å². The van der Waals surface area contributed by atoms with Gasteiger partial charge in [-0.15, -0.1) is 0 Å². The van der Waals surface area contributed by atoms with E-state index >= 15 is 0 Å². The third-order valence-electron chi connectivity index (χ3n) is 2.87. The van der Waals surface area contributed by atoms with Gasteiger partial charge in [0.2, 0.25) is 0 Å². The second-order valence-electron chi connectivity index (χ2n) is 4.33. The molecule has 0 saturated carbocycles. The van der Waals surface area contributed by atoms with Gasteiger partial charge in [-0.2, -0.15) is 0 Å². The van der Waals surface area contributed by atoms with E-state index in [9.17, 15) is 4.79 Å². The van der Waals surface area contributed by atoms with Crippen LogP contribution in [-0.4, -0.2) is 36.0 Å². The van der Waals surface area contributed by atoms with E-state index in [1.165, 1.54) is 0 Å². The molecule has 0 aromatic heterocycles. The van der Waals surface area contributed by atoms with Crippen molar-refractivity contribution in [3.8, 4) is 0 Å². The summed E-state index contributed by atoms with van der Waals surface area (Å²) in [5, 5.41) is 0. The molecule has 3 aliphatic heterocycles. The van der Waals surface area contributed by atoms with E-state index < -0.39 is 5.79 Å². The number of carbonyl (C=O) groups is 1. The molecule has 0 radical (unpaired) electrons. The second-order valence-corrected chi connectivity index (χ2v) is 4.33. The summed E-state index contributed by atoms with van der Waals surface area (Å²) < 4.78 is 16.7. The lowest BCUT2D eigenvalue weighted by Gasteiger charge is -2.19. The van der Waals surface area contributed by atoms with Gasteiger partial charge in [0.15, 0.2) is 11.6 Å². The summed E-state index contributed by atoms with van der Waals surface area (Å²) in [7, 11) is 0. The van der Waals surface area contributed by atoms with Crippen molar-refractivity contribution in [3.05, 3.63) is 0 Å². The Morgan fingerprint density at radius 2 is 2.00 bits per heavy atom.